The first-order valence-corrected chi connectivity index (χ1v) is 8.93. The Balaban J connectivity index is 1.66. The van der Waals surface area contributed by atoms with Gasteiger partial charge < -0.3 is 14.6 Å². The second-order valence-electron chi connectivity index (χ2n) is 6.52. The molecule has 0 aliphatic heterocycles. The first-order valence-electron chi connectivity index (χ1n) is 8.93. The number of ether oxygens (including phenoxy) is 1. The minimum Gasteiger partial charge on any atom is -0.489 e. The summed E-state index contributed by atoms with van der Waals surface area (Å²) >= 11 is 0. The molecule has 0 atom stereocenters. The number of nitrogens with zero attached hydrogens (tertiary/aromatic N) is 3. The third-order valence-electron chi connectivity index (χ3n) is 4.23. The van der Waals surface area contributed by atoms with Gasteiger partial charge in [0.15, 0.2) is 5.69 Å². The van der Waals surface area contributed by atoms with Crippen molar-refractivity contribution in [2.45, 2.75) is 47.4 Å². The number of hydrogen-bond donors (Lipinski definition) is 1. The molecular weight excluding hydrogens is 344 g/mol. The van der Waals surface area contributed by atoms with Crippen molar-refractivity contribution >= 4 is 5.91 Å². The lowest BCUT2D eigenvalue weighted by atomic mass is 10.1. The first-order chi connectivity index (χ1) is 13.0. The van der Waals surface area contributed by atoms with E-state index in [4.69, 9.17) is 9.26 Å². The zero-order valence-corrected chi connectivity index (χ0v) is 16.1. The third-order valence-corrected chi connectivity index (χ3v) is 4.23. The van der Waals surface area contributed by atoms with Crippen LogP contribution in [0.1, 0.15) is 45.6 Å². The molecule has 1 amide bonds. The first kappa shape index (κ1) is 18.7. The summed E-state index contributed by atoms with van der Waals surface area (Å²) in [7, 11) is 0. The van der Waals surface area contributed by atoms with E-state index in [1.54, 1.807) is 6.92 Å². The van der Waals surface area contributed by atoms with E-state index in [0.29, 0.717) is 17.9 Å². The molecule has 142 valence electrons. The predicted octanol–water partition coefficient (Wildman–Crippen LogP) is 3.33. The summed E-state index contributed by atoms with van der Waals surface area (Å²) in [5.41, 5.74) is 3.92. The second kappa shape index (κ2) is 8.07. The highest BCUT2D eigenvalue weighted by atomic mass is 16.5. The Morgan fingerprint density at radius 3 is 2.63 bits per heavy atom. The fourth-order valence-corrected chi connectivity index (χ4v) is 2.84. The van der Waals surface area contributed by atoms with Gasteiger partial charge in [-0.3, -0.25) is 9.48 Å². The molecule has 7 heteroatoms. The molecule has 2 aromatic heterocycles. The molecule has 0 fully saturated rings. The van der Waals surface area contributed by atoms with Crippen LogP contribution in [0.2, 0.25) is 0 Å². The van der Waals surface area contributed by atoms with Gasteiger partial charge in [-0.05, 0) is 57.0 Å². The van der Waals surface area contributed by atoms with Crippen molar-refractivity contribution in [3.8, 4) is 5.75 Å². The Hall–Kier alpha value is -3.09. The van der Waals surface area contributed by atoms with Crippen LogP contribution >= 0.6 is 0 Å². The van der Waals surface area contributed by atoms with Gasteiger partial charge in [0.05, 0.1) is 17.8 Å². The van der Waals surface area contributed by atoms with Gasteiger partial charge in [-0.25, -0.2) is 0 Å². The monoisotopic (exact) mass is 368 g/mol. The van der Waals surface area contributed by atoms with E-state index in [0.717, 1.165) is 29.1 Å². The minimum atomic E-state index is -0.308. The molecule has 0 bridgehead atoms. The number of benzene rings is 1. The Morgan fingerprint density at radius 1 is 1.22 bits per heavy atom. The van der Waals surface area contributed by atoms with Gasteiger partial charge >= 0.3 is 0 Å². The number of carbonyl (C=O) groups excluding carboxylic acids is 1. The quantitative estimate of drug-likeness (QED) is 0.692. The number of hydrogen-bond acceptors (Lipinski definition) is 5. The van der Waals surface area contributed by atoms with E-state index in [1.165, 1.54) is 0 Å². The molecule has 7 nitrogen and oxygen atoms in total. The molecule has 3 rings (SSSR count). The summed E-state index contributed by atoms with van der Waals surface area (Å²) in [6, 6.07) is 7.87. The number of aryl methyl sites for hydroxylation is 4. The van der Waals surface area contributed by atoms with Crippen molar-refractivity contribution < 1.29 is 14.1 Å². The highest BCUT2D eigenvalue weighted by Gasteiger charge is 2.20. The van der Waals surface area contributed by atoms with Crippen molar-refractivity contribution in [3.05, 3.63) is 64.3 Å². The molecule has 0 saturated carbocycles. The van der Waals surface area contributed by atoms with Gasteiger partial charge in [0.25, 0.3) is 5.91 Å². The summed E-state index contributed by atoms with van der Waals surface area (Å²) < 4.78 is 12.9. The number of rotatable bonds is 7. The minimum absolute atomic E-state index is 0.214. The molecule has 27 heavy (non-hydrogen) atoms. The van der Waals surface area contributed by atoms with E-state index in [2.05, 4.69) is 21.6 Å². The van der Waals surface area contributed by atoms with E-state index in [9.17, 15) is 4.79 Å². The van der Waals surface area contributed by atoms with Crippen LogP contribution in [0.25, 0.3) is 0 Å². The number of carbonyl (C=O) groups is 1. The average molecular weight is 368 g/mol. The molecule has 1 N–H and O–H groups in total. The fourth-order valence-electron chi connectivity index (χ4n) is 2.84. The average Bonchev–Trinajstić information content (AvgIpc) is 3.23. The van der Waals surface area contributed by atoms with Gasteiger partial charge in [0.1, 0.15) is 18.1 Å². The Morgan fingerprint density at radius 2 is 1.96 bits per heavy atom. The van der Waals surface area contributed by atoms with Gasteiger partial charge in [-0.15, -0.1) is 0 Å². The van der Waals surface area contributed by atoms with Crippen molar-refractivity contribution in [3.63, 3.8) is 0 Å². The molecular formula is C20H24N4O3. The Bertz CT molecular complexity index is 922. The van der Waals surface area contributed by atoms with Crippen LogP contribution in [0, 0.1) is 20.8 Å². The number of amides is 1. The summed E-state index contributed by atoms with van der Waals surface area (Å²) in [5.74, 6) is 1.02. The SMILES string of the molecule is CCn1ccc(CNC(=O)c2noc(C)c2COc2cc(C)cc(C)c2)n1. The van der Waals surface area contributed by atoms with Crippen LogP contribution in [0.15, 0.2) is 35.0 Å². The van der Waals surface area contributed by atoms with Crippen LogP contribution in [-0.4, -0.2) is 20.8 Å². The fraction of sp³-hybridized carbons (Fsp3) is 0.350. The molecule has 0 unspecified atom stereocenters. The van der Waals surface area contributed by atoms with Crippen LogP contribution in [0.4, 0.5) is 0 Å². The lowest BCUT2D eigenvalue weighted by molar-refractivity contribution is 0.0939. The second-order valence-corrected chi connectivity index (χ2v) is 6.52. The molecule has 0 aliphatic rings. The van der Waals surface area contributed by atoms with Crippen molar-refractivity contribution in [2.75, 3.05) is 0 Å². The number of nitrogens with one attached hydrogen (secondary N) is 1. The van der Waals surface area contributed by atoms with Gasteiger partial charge in [0.2, 0.25) is 0 Å². The molecule has 1 aromatic carbocycles. The summed E-state index contributed by atoms with van der Waals surface area (Å²) in [4.78, 5) is 12.5. The Kier molecular flexibility index (Phi) is 5.59. The summed E-state index contributed by atoms with van der Waals surface area (Å²) in [5, 5.41) is 11.1. The third kappa shape index (κ3) is 4.55. The highest BCUT2D eigenvalue weighted by molar-refractivity contribution is 5.93. The maximum absolute atomic E-state index is 12.5. The lowest BCUT2D eigenvalue weighted by Crippen LogP contribution is -2.25. The molecule has 0 spiro atoms. The normalized spacial score (nSPS) is 10.8. The van der Waals surface area contributed by atoms with Gasteiger partial charge in [0, 0.05) is 12.7 Å². The maximum atomic E-state index is 12.5. The van der Waals surface area contributed by atoms with Crippen LogP contribution < -0.4 is 10.1 Å². The van der Waals surface area contributed by atoms with Crippen LogP contribution in [0.3, 0.4) is 0 Å². The van der Waals surface area contributed by atoms with Gasteiger partial charge in [-0.2, -0.15) is 5.10 Å². The van der Waals surface area contributed by atoms with E-state index >= 15 is 0 Å². The Labute approximate surface area is 158 Å². The molecule has 0 saturated heterocycles. The van der Waals surface area contributed by atoms with Crippen LogP contribution in [0.5, 0.6) is 5.75 Å². The van der Waals surface area contributed by atoms with Gasteiger partial charge in [-0.1, -0.05) is 11.2 Å². The topological polar surface area (TPSA) is 82.2 Å². The molecule has 3 aromatic rings. The van der Waals surface area contributed by atoms with Crippen molar-refractivity contribution in [2.24, 2.45) is 0 Å². The standard InChI is InChI=1S/C20H24N4O3/c1-5-24-7-6-16(22-24)11-21-20(25)19-18(15(4)27-23-19)12-26-17-9-13(2)8-14(3)10-17/h6-10H,5,11-12H2,1-4H3,(H,21,25). The molecule has 0 aliphatic carbocycles. The van der Waals surface area contributed by atoms with E-state index in [1.807, 2.05) is 49.8 Å². The van der Waals surface area contributed by atoms with Crippen molar-refractivity contribution in [1.82, 2.24) is 20.3 Å². The number of aromatic nitrogens is 3. The van der Waals surface area contributed by atoms with E-state index < -0.39 is 0 Å². The van der Waals surface area contributed by atoms with Crippen molar-refractivity contribution in [1.29, 1.82) is 0 Å². The zero-order chi connectivity index (χ0) is 19.4. The smallest absolute Gasteiger partial charge is 0.274 e. The highest BCUT2D eigenvalue weighted by Crippen LogP contribution is 2.20. The van der Waals surface area contributed by atoms with Crippen LogP contribution in [-0.2, 0) is 19.7 Å². The van der Waals surface area contributed by atoms with E-state index in [-0.39, 0.29) is 18.2 Å². The lowest BCUT2D eigenvalue weighted by Gasteiger charge is -2.09. The maximum Gasteiger partial charge on any atom is 0.274 e. The summed E-state index contributed by atoms with van der Waals surface area (Å²) in [6.45, 7) is 9.14. The largest absolute Gasteiger partial charge is 0.489 e. The molecule has 0 radical (unpaired) electrons. The predicted molar refractivity (Wildman–Crippen MR) is 101 cm³/mol. The zero-order valence-electron chi connectivity index (χ0n) is 16.1. The molecule has 2 heterocycles. The summed E-state index contributed by atoms with van der Waals surface area (Å²) in [6.07, 6.45) is 1.88.